The SMILES string of the molecule is CC(C)SCC[C@@H](N)C(O)C(=O)NNC(=O)C(O)[C@@H](N)CCSC(C)C. The topological polar surface area (TPSA) is 151 Å². The molecule has 0 aromatic rings. The summed E-state index contributed by atoms with van der Waals surface area (Å²) in [7, 11) is 0. The van der Waals surface area contributed by atoms with Gasteiger partial charge in [-0.2, -0.15) is 23.5 Å². The van der Waals surface area contributed by atoms with Crippen molar-refractivity contribution in [2.75, 3.05) is 11.5 Å². The Morgan fingerprint density at radius 2 is 1.12 bits per heavy atom. The van der Waals surface area contributed by atoms with Crippen molar-refractivity contribution in [1.29, 1.82) is 0 Å². The van der Waals surface area contributed by atoms with E-state index in [1.54, 1.807) is 23.5 Å². The number of rotatable bonds is 12. The Labute approximate surface area is 164 Å². The number of carbonyl (C=O) groups is 2. The highest BCUT2D eigenvalue weighted by molar-refractivity contribution is 8.00. The van der Waals surface area contributed by atoms with Crippen molar-refractivity contribution >= 4 is 35.3 Å². The molecule has 0 bridgehead atoms. The molecule has 10 heteroatoms. The lowest BCUT2D eigenvalue weighted by Gasteiger charge is -2.21. The van der Waals surface area contributed by atoms with E-state index in [0.29, 0.717) is 23.3 Å². The predicted molar refractivity (Wildman–Crippen MR) is 109 cm³/mol. The summed E-state index contributed by atoms with van der Waals surface area (Å²) in [6, 6.07) is -1.48. The fourth-order valence-electron chi connectivity index (χ4n) is 1.86. The highest BCUT2D eigenvalue weighted by atomic mass is 32.2. The largest absolute Gasteiger partial charge is 0.382 e. The first-order valence-electron chi connectivity index (χ1n) is 8.76. The zero-order chi connectivity index (χ0) is 20.3. The first kappa shape index (κ1) is 25.5. The highest BCUT2D eigenvalue weighted by Gasteiger charge is 2.26. The van der Waals surface area contributed by atoms with Crippen molar-refractivity contribution in [2.24, 2.45) is 11.5 Å². The van der Waals surface area contributed by atoms with Crippen molar-refractivity contribution in [3.63, 3.8) is 0 Å². The Kier molecular flexibility index (Phi) is 13.3. The number of hydrogen-bond donors (Lipinski definition) is 6. The molecule has 8 N–H and O–H groups in total. The van der Waals surface area contributed by atoms with Gasteiger partial charge in [-0.15, -0.1) is 0 Å². The third kappa shape index (κ3) is 11.2. The number of hydrogen-bond acceptors (Lipinski definition) is 8. The van der Waals surface area contributed by atoms with Gasteiger partial charge in [-0.05, 0) is 34.8 Å². The molecule has 0 aliphatic carbocycles. The van der Waals surface area contributed by atoms with Gasteiger partial charge in [0.1, 0.15) is 12.2 Å². The lowest BCUT2D eigenvalue weighted by Crippen LogP contribution is -2.56. The molecule has 0 saturated heterocycles. The maximum absolute atomic E-state index is 11.8. The second kappa shape index (κ2) is 13.6. The van der Waals surface area contributed by atoms with Crippen LogP contribution in [0.25, 0.3) is 0 Å². The Morgan fingerprint density at radius 1 is 0.808 bits per heavy atom. The second-order valence-corrected chi connectivity index (χ2v) is 9.98. The minimum atomic E-state index is -1.45. The van der Waals surface area contributed by atoms with Crippen molar-refractivity contribution in [2.45, 2.75) is 75.3 Å². The van der Waals surface area contributed by atoms with Crippen LogP contribution in [-0.4, -0.2) is 68.3 Å². The van der Waals surface area contributed by atoms with Crippen molar-refractivity contribution in [3.05, 3.63) is 0 Å². The average Bonchev–Trinajstić information content (AvgIpc) is 2.56. The Morgan fingerprint density at radius 3 is 1.38 bits per heavy atom. The molecule has 0 heterocycles. The van der Waals surface area contributed by atoms with E-state index in [-0.39, 0.29) is 0 Å². The van der Waals surface area contributed by atoms with Gasteiger partial charge in [-0.25, -0.2) is 0 Å². The van der Waals surface area contributed by atoms with E-state index in [4.69, 9.17) is 11.5 Å². The summed E-state index contributed by atoms with van der Waals surface area (Å²) < 4.78 is 0. The van der Waals surface area contributed by atoms with E-state index in [9.17, 15) is 19.8 Å². The summed E-state index contributed by atoms with van der Waals surface area (Å²) >= 11 is 3.36. The Hall–Kier alpha value is -0.520. The summed E-state index contributed by atoms with van der Waals surface area (Å²) in [5.41, 5.74) is 15.7. The Balaban J connectivity index is 4.20. The smallest absolute Gasteiger partial charge is 0.268 e. The van der Waals surface area contributed by atoms with Crippen LogP contribution < -0.4 is 22.3 Å². The number of carbonyl (C=O) groups excluding carboxylic acids is 2. The first-order chi connectivity index (χ1) is 12.1. The molecule has 0 fully saturated rings. The first-order valence-corrected chi connectivity index (χ1v) is 10.9. The number of hydrazine groups is 1. The maximum Gasteiger partial charge on any atom is 0.268 e. The molecule has 0 aliphatic rings. The second-order valence-electron chi connectivity index (χ2n) is 6.61. The van der Waals surface area contributed by atoms with Crippen molar-refractivity contribution in [1.82, 2.24) is 10.9 Å². The van der Waals surface area contributed by atoms with E-state index < -0.39 is 36.1 Å². The van der Waals surface area contributed by atoms with Gasteiger partial charge in [0, 0.05) is 12.1 Å². The third-order valence-corrected chi connectivity index (χ3v) is 5.74. The molecular formula is C16H34N4O4S2. The highest BCUT2D eigenvalue weighted by Crippen LogP contribution is 2.13. The van der Waals surface area contributed by atoms with Gasteiger partial charge >= 0.3 is 0 Å². The van der Waals surface area contributed by atoms with Gasteiger partial charge < -0.3 is 21.7 Å². The molecule has 0 rings (SSSR count). The normalized spacial score (nSPS) is 16.2. The zero-order valence-corrected chi connectivity index (χ0v) is 17.6. The van der Waals surface area contributed by atoms with Crippen LogP contribution in [-0.2, 0) is 9.59 Å². The molecule has 0 radical (unpaired) electrons. The van der Waals surface area contributed by atoms with Crippen LogP contribution >= 0.6 is 23.5 Å². The van der Waals surface area contributed by atoms with Gasteiger partial charge in [0.05, 0.1) is 0 Å². The van der Waals surface area contributed by atoms with E-state index >= 15 is 0 Å². The van der Waals surface area contributed by atoms with Crippen molar-refractivity contribution in [3.8, 4) is 0 Å². The van der Waals surface area contributed by atoms with E-state index in [1.165, 1.54) is 0 Å². The third-order valence-electron chi connectivity index (χ3n) is 3.46. The van der Waals surface area contributed by atoms with Crippen LogP contribution in [0.3, 0.4) is 0 Å². The van der Waals surface area contributed by atoms with Crippen LogP contribution in [0, 0.1) is 0 Å². The monoisotopic (exact) mass is 410 g/mol. The molecule has 0 spiro atoms. The molecule has 154 valence electrons. The van der Waals surface area contributed by atoms with Gasteiger partial charge in [-0.3, -0.25) is 20.4 Å². The van der Waals surface area contributed by atoms with Gasteiger partial charge in [0.2, 0.25) is 0 Å². The predicted octanol–water partition coefficient (Wildman–Crippen LogP) is -0.426. The van der Waals surface area contributed by atoms with E-state index in [1.807, 2.05) is 27.7 Å². The molecule has 0 aromatic heterocycles. The van der Waals surface area contributed by atoms with Gasteiger partial charge in [-0.1, -0.05) is 27.7 Å². The summed E-state index contributed by atoms with van der Waals surface area (Å²) in [5.74, 6) is -0.206. The number of thioether (sulfide) groups is 2. The fraction of sp³-hybridized carbons (Fsp3) is 0.875. The quantitative estimate of drug-likeness (QED) is 0.237. The van der Waals surface area contributed by atoms with Crippen molar-refractivity contribution < 1.29 is 19.8 Å². The Bertz CT molecular complexity index is 389. The van der Waals surface area contributed by atoms with E-state index in [0.717, 1.165) is 11.5 Å². The molecule has 26 heavy (non-hydrogen) atoms. The molecule has 0 aromatic carbocycles. The van der Waals surface area contributed by atoms with Gasteiger partial charge in [0.25, 0.3) is 11.8 Å². The lowest BCUT2D eigenvalue weighted by molar-refractivity contribution is -0.138. The fourth-order valence-corrected chi connectivity index (χ4v) is 3.61. The summed E-state index contributed by atoms with van der Waals surface area (Å²) in [5, 5.41) is 20.7. The molecule has 4 atom stereocenters. The lowest BCUT2D eigenvalue weighted by atomic mass is 10.1. The van der Waals surface area contributed by atoms with Crippen LogP contribution in [0.15, 0.2) is 0 Å². The molecule has 2 unspecified atom stereocenters. The van der Waals surface area contributed by atoms with Crippen LogP contribution in [0.4, 0.5) is 0 Å². The summed E-state index contributed by atoms with van der Waals surface area (Å²) in [4.78, 5) is 23.7. The minimum Gasteiger partial charge on any atom is -0.382 e. The zero-order valence-electron chi connectivity index (χ0n) is 16.0. The molecular weight excluding hydrogens is 376 g/mol. The minimum absolute atomic E-state index is 0.442. The molecule has 2 amide bonds. The number of nitrogens with one attached hydrogen (secondary N) is 2. The summed E-state index contributed by atoms with van der Waals surface area (Å²) in [6.07, 6.45) is -1.97. The van der Waals surface area contributed by atoms with Crippen LogP contribution in [0.5, 0.6) is 0 Å². The van der Waals surface area contributed by atoms with Crippen LogP contribution in [0.1, 0.15) is 40.5 Å². The van der Waals surface area contributed by atoms with E-state index in [2.05, 4.69) is 10.9 Å². The number of nitrogens with two attached hydrogens (primary N) is 2. The van der Waals surface area contributed by atoms with Crippen LogP contribution in [0.2, 0.25) is 0 Å². The maximum atomic E-state index is 11.8. The summed E-state index contributed by atoms with van der Waals surface area (Å²) in [6.45, 7) is 8.19. The van der Waals surface area contributed by atoms with Gasteiger partial charge in [0.15, 0.2) is 0 Å². The molecule has 8 nitrogen and oxygen atoms in total. The number of aliphatic hydroxyl groups excluding tert-OH is 2. The molecule has 0 saturated carbocycles. The number of aliphatic hydroxyl groups is 2. The average molecular weight is 411 g/mol. The number of amides is 2. The standard InChI is InChI=1S/C16H34N4O4S2/c1-9(2)25-7-5-11(17)13(21)15(23)19-20-16(24)14(22)12(18)6-8-26-10(3)4/h9-14,21-22H,5-8,17-18H2,1-4H3,(H,19,23)(H,20,24)/t11-,12+,13?,14?. The molecule has 0 aliphatic heterocycles.